The highest BCUT2D eigenvalue weighted by molar-refractivity contribution is 7.15. The van der Waals surface area contributed by atoms with Gasteiger partial charge < -0.3 is 4.74 Å². The van der Waals surface area contributed by atoms with Crippen molar-refractivity contribution in [2.75, 3.05) is 0 Å². The van der Waals surface area contributed by atoms with Crippen molar-refractivity contribution in [3.05, 3.63) is 51.7 Å². The number of nitro groups is 1. The Kier molecular flexibility index (Phi) is 2.92. The number of nitro benzene ring substituents is 1. The molecule has 0 unspecified atom stereocenters. The molecule has 0 fully saturated rings. The SMILES string of the molecule is O=Cc1c(Oc2ccc([N+](=O)[O-])cc2)nc2sccn12. The van der Waals surface area contributed by atoms with Gasteiger partial charge >= 0.3 is 0 Å². The van der Waals surface area contributed by atoms with E-state index >= 15 is 0 Å². The van der Waals surface area contributed by atoms with Gasteiger partial charge in [-0.05, 0) is 12.1 Å². The maximum atomic E-state index is 11.1. The van der Waals surface area contributed by atoms with Gasteiger partial charge in [0.25, 0.3) is 5.69 Å². The molecule has 0 radical (unpaired) electrons. The van der Waals surface area contributed by atoms with Gasteiger partial charge in [-0.25, -0.2) is 0 Å². The molecule has 0 bridgehead atoms. The van der Waals surface area contributed by atoms with Crippen LogP contribution in [0.1, 0.15) is 10.5 Å². The molecule has 2 heterocycles. The van der Waals surface area contributed by atoms with Gasteiger partial charge in [-0.2, -0.15) is 4.98 Å². The zero-order chi connectivity index (χ0) is 14.1. The second-order valence-corrected chi connectivity index (χ2v) is 4.70. The van der Waals surface area contributed by atoms with Crippen molar-refractivity contribution in [3.8, 4) is 11.6 Å². The van der Waals surface area contributed by atoms with Gasteiger partial charge in [-0.3, -0.25) is 19.3 Å². The number of non-ortho nitro benzene ring substituents is 1. The number of rotatable bonds is 4. The normalized spacial score (nSPS) is 10.6. The quantitative estimate of drug-likeness (QED) is 0.418. The predicted octanol–water partition coefficient (Wildman–Crippen LogP) is 2.91. The Balaban J connectivity index is 1.94. The van der Waals surface area contributed by atoms with Gasteiger partial charge in [-0.15, -0.1) is 11.3 Å². The van der Waals surface area contributed by atoms with Crippen molar-refractivity contribution < 1.29 is 14.5 Å². The third-order valence-electron chi connectivity index (χ3n) is 2.64. The largest absolute Gasteiger partial charge is 0.437 e. The molecule has 100 valence electrons. The second-order valence-electron chi connectivity index (χ2n) is 3.83. The van der Waals surface area contributed by atoms with Crippen LogP contribution in [0.2, 0.25) is 0 Å². The summed E-state index contributed by atoms with van der Waals surface area (Å²) in [6.07, 6.45) is 2.38. The molecule has 3 rings (SSSR count). The fourth-order valence-corrected chi connectivity index (χ4v) is 2.43. The van der Waals surface area contributed by atoms with E-state index < -0.39 is 4.92 Å². The van der Waals surface area contributed by atoms with E-state index in [4.69, 9.17) is 4.74 Å². The van der Waals surface area contributed by atoms with Crippen LogP contribution in [0.3, 0.4) is 0 Å². The van der Waals surface area contributed by atoms with Gasteiger partial charge in [0.2, 0.25) is 5.88 Å². The summed E-state index contributed by atoms with van der Waals surface area (Å²) in [6, 6.07) is 5.57. The fourth-order valence-electron chi connectivity index (χ4n) is 1.71. The number of aldehydes is 1. The van der Waals surface area contributed by atoms with Crippen LogP contribution in [-0.2, 0) is 0 Å². The first-order chi connectivity index (χ1) is 9.69. The zero-order valence-corrected chi connectivity index (χ0v) is 10.7. The third-order valence-corrected chi connectivity index (χ3v) is 3.40. The van der Waals surface area contributed by atoms with Crippen LogP contribution in [0.4, 0.5) is 5.69 Å². The lowest BCUT2D eigenvalue weighted by atomic mass is 10.3. The Labute approximate surface area is 116 Å². The molecule has 0 aliphatic carbocycles. The summed E-state index contributed by atoms with van der Waals surface area (Å²) in [4.78, 5) is 26.0. The highest BCUT2D eigenvalue weighted by Crippen LogP contribution is 2.27. The Hall–Kier alpha value is -2.74. The molecular formula is C12H7N3O4S. The van der Waals surface area contributed by atoms with Crippen LogP contribution in [0.15, 0.2) is 35.8 Å². The maximum Gasteiger partial charge on any atom is 0.269 e. The summed E-state index contributed by atoms with van der Waals surface area (Å²) in [5, 5.41) is 12.4. The lowest BCUT2D eigenvalue weighted by molar-refractivity contribution is -0.384. The fraction of sp³-hybridized carbons (Fsp3) is 0. The summed E-state index contributed by atoms with van der Waals surface area (Å²) >= 11 is 1.38. The number of carbonyl (C=O) groups is 1. The molecule has 0 saturated carbocycles. The number of hydrogen-bond donors (Lipinski definition) is 0. The van der Waals surface area contributed by atoms with E-state index in [1.807, 2.05) is 5.38 Å². The van der Waals surface area contributed by atoms with Crippen LogP contribution in [0.5, 0.6) is 11.6 Å². The summed E-state index contributed by atoms with van der Waals surface area (Å²) in [5.74, 6) is 0.560. The summed E-state index contributed by atoms with van der Waals surface area (Å²) in [6.45, 7) is 0. The first-order valence-corrected chi connectivity index (χ1v) is 6.40. The van der Waals surface area contributed by atoms with E-state index in [0.29, 0.717) is 22.7 Å². The Bertz CT molecular complexity index is 791. The average molecular weight is 289 g/mol. The van der Waals surface area contributed by atoms with Crippen LogP contribution < -0.4 is 4.74 Å². The molecule has 20 heavy (non-hydrogen) atoms. The molecule has 0 N–H and O–H groups in total. The number of imidazole rings is 1. The number of nitrogens with zero attached hydrogens (tertiary/aromatic N) is 3. The van der Waals surface area contributed by atoms with Crippen molar-refractivity contribution in [1.29, 1.82) is 0 Å². The molecule has 3 aromatic rings. The second kappa shape index (κ2) is 4.74. The number of fused-ring (bicyclic) bond motifs is 1. The van der Waals surface area contributed by atoms with Crippen molar-refractivity contribution in [2.45, 2.75) is 0 Å². The minimum atomic E-state index is -0.493. The van der Waals surface area contributed by atoms with Crippen molar-refractivity contribution >= 4 is 28.3 Å². The maximum absolute atomic E-state index is 11.1. The van der Waals surface area contributed by atoms with Gasteiger partial charge in [0.1, 0.15) is 5.75 Å². The first kappa shape index (κ1) is 12.3. The zero-order valence-electron chi connectivity index (χ0n) is 9.92. The molecular weight excluding hydrogens is 282 g/mol. The summed E-state index contributed by atoms with van der Waals surface area (Å²) < 4.78 is 7.12. The average Bonchev–Trinajstić information content (AvgIpc) is 2.99. The standard InChI is InChI=1S/C12H7N3O4S/c16-7-10-11(13-12-14(10)5-6-20-12)19-9-3-1-8(2-4-9)15(17)18/h1-7H. The van der Waals surface area contributed by atoms with Crippen molar-refractivity contribution in [3.63, 3.8) is 0 Å². The molecule has 0 aliphatic rings. The number of ether oxygens (including phenoxy) is 1. The van der Waals surface area contributed by atoms with Crippen molar-refractivity contribution in [2.24, 2.45) is 0 Å². The minimum absolute atomic E-state index is 0.0289. The van der Waals surface area contributed by atoms with Gasteiger partial charge in [-0.1, -0.05) is 0 Å². The van der Waals surface area contributed by atoms with E-state index in [0.717, 1.165) is 0 Å². The Morgan fingerprint density at radius 3 is 2.75 bits per heavy atom. The topological polar surface area (TPSA) is 86.7 Å². The van der Waals surface area contributed by atoms with Crippen LogP contribution in [-0.4, -0.2) is 20.6 Å². The Morgan fingerprint density at radius 2 is 2.10 bits per heavy atom. The Morgan fingerprint density at radius 1 is 1.35 bits per heavy atom. The molecule has 0 spiro atoms. The van der Waals surface area contributed by atoms with Crippen molar-refractivity contribution in [1.82, 2.24) is 9.38 Å². The van der Waals surface area contributed by atoms with Crippen LogP contribution in [0, 0.1) is 10.1 Å². The summed E-state index contributed by atoms with van der Waals surface area (Å²) in [7, 11) is 0. The smallest absolute Gasteiger partial charge is 0.269 e. The van der Waals surface area contributed by atoms with Gasteiger partial charge in [0, 0.05) is 23.7 Å². The minimum Gasteiger partial charge on any atom is -0.437 e. The molecule has 0 aliphatic heterocycles. The molecule has 0 amide bonds. The third kappa shape index (κ3) is 2.01. The van der Waals surface area contributed by atoms with E-state index in [1.54, 1.807) is 10.6 Å². The molecule has 1 aromatic carbocycles. The van der Waals surface area contributed by atoms with E-state index in [2.05, 4.69) is 4.98 Å². The van der Waals surface area contributed by atoms with Crippen LogP contribution in [0.25, 0.3) is 4.96 Å². The highest BCUT2D eigenvalue weighted by atomic mass is 32.1. The monoisotopic (exact) mass is 289 g/mol. The number of carbonyl (C=O) groups excluding carboxylic acids is 1. The van der Waals surface area contributed by atoms with E-state index in [9.17, 15) is 14.9 Å². The highest BCUT2D eigenvalue weighted by Gasteiger charge is 2.15. The number of benzene rings is 1. The molecule has 8 heteroatoms. The summed E-state index contributed by atoms with van der Waals surface area (Å²) in [5.41, 5.74) is 0.276. The molecule has 2 aromatic heterocycles. The number of hydrogen-bond acceptors (Lipinski definition) is 6. The van der Waals surface area contributed by atoms with E-state index in [1.165, 1.54) is 35.6 Å². The predicted molar refractivity (Wildman–Crippen MR) is 71.6 cm³/mol. The van der Waals surface area contributed by atoms with E-state index in [-0.39, 0.29) is 11.6 Å². The first-order valence-electron chi connectivity index (χ1n) is 5.52. The number of thiazole rings is 1. The molecule has 0 atom stereocenters. The van der Waals surface area contributed by atoms with Gasteiger partial charge in [0.15, 0.2) is 16.9 Å². The molecule has 7 nitrogen and oxygen atoms in total. The molecule has 0 saturated heterocycles. The lowest BCUT2D eigenvalue weighted by Gasteiger charge is -2.02. The van der Waals surface area contributed by atoms with Crippen LogP contribution >= 0.6 is 11.3 Å². The number of aromatic nitrogens is 2. The lowest BCUT2D eigenvalue weighted by Crippen LogP contribution is -1.92. The van der Waals surface area contributed by atoms with Gasteiger partial charge in [0.05, 0.1) is 4.92 Å².